The van der Waals surface area contributed by atoms with E-state index in [0.717, 1.165) is 60.7 Å². The Labute approximate surface area is 170 Å². The van der Waals surface area contributed by atoms with E-state index in [1.54, 1.807) is 19.1 Å². The molecule has 0 unspecified atom stereocenters. The van der Waals surface area contributed by atoms with E-state index in [0.29, 0.717) is 0 Å². The number of rotatable bonds is 5. The Kier molecular flexibility index (Phi) is 5.67. The predicted molar refractivity (Wildman–Crippen MR) is 114 cm³/mol. The van der Waals surface area contributed by atoms with Gasteiger partial charge in [0.25, 0.3) is 0 Å². The number of hydrogen-bond donors (Lipinski definition) is 0. The van der Waals surface area contributed by atoms with E-state index in [1.807, 2.05) is 36.7 Å². The lowest BCUT2D eigenvalue weighted by Crippen LogP contribution is -2.46. The molecule has 0 bridgehead atoms. The summed E-state index contributed by atoms with van der Waals surface area (Å²) in [6.45, 7) is 6.27. The van der Waals surface area contributed by atoms with Crippen molar-refractivity contribution in [3.8, 4) is 11.1 Å². The second-order valence-corrected chi connectivity index (χ2v) is 7.46. The number of aromatic nitrogens is 1. The molecule has 2 heterocycles. The summed E-state index contributed by atoms with van der Waals surface area (Å²) in [4.78, 5) is 20.6. The van der Waals surface area contributed by atoms with Crippen molar-refractivity contribution in [3.05, 3.63) is 83.9 Å². The molecule has 0 spiro atoms. The molecule has 1 aliphatic heterocycles. The number of pyridine rings is 1. The van der Waals surface area contributed by atoms with Crippen LogP contribution in [0.5, 0.6) is 0 Å². The molecule has 2 aromatic carbocycles. The molecule has 0 radical (unpaired) electrons. The fourth-order valence-electron chi connectivity index (χ4n) is 3.70. The van der Waals surface area contributed by atoms with E-state index in [-0.39, 0.29) is 11.6 Å². The van der Waals surface area contributed by atoms with E-state index >= 15 is 0 Å². The van der Waals surface area contributed by atoms with E-state index in [2.05, 4.69) is 20.9 Å². The zero-order valence-electron chi connectivity index (χ0n) is 16.5. The number of halogens is 1. The standard InChI is InChI=1S/C24H24FN3O/c1-18(29)20-4-8-24(9-5-20)28-12-10-27(11-13-28)17-19-14-22(16-26-15-19)21-2-6-23(25)7-3-21/h2-9,14-16H,10-13,17H2,1H3. The fourth-order valence-corrected chi connectivity index (χ4v) is 3.70. The molecule has 1 aliphatic rings. The van der Waals surface area contributed by atoms with Gasteiger partial charge >= 0.3 is 0 Å². The van der Waals surface area contributed by atoms with Gasteiger partial charge in [0.15, 0.2) is 5.78 Å². The highest BCUT2D eigenvalue weighted by atomic mass is 19.1. The average Bonchev–Trinajstić information content (AvgIpc) is 2.75. The number of hydrogen-bond acceptors (Lipinski definition) is 4. The third-order valence-corrected chi connectivity index (χ3v) is 5.39. The van der Waals surface area contributed by atoms with E-state index in [4.69, 9.17) is 0 Å². The number of anilines is 1. The molecular formula is C24H24FN3O. The first-order valence-electron chi connectivity index (χ1n) is 9.87. The molecule has 0 N–H and O–H groups in total. The quantitative estimate of drug-likeness (QED) is 0.606. The van der Waals surface area contributed by atoms with Crippen LogP contribution in [0.25, 0.3) is 11.1 Å². The van der Waals surface area contributed by atoms with Crippen LogP contribution >= 0.6 is 0 Å². The Morgan fingerprint density at radius 1 is 0.931 bits per heavy atom. The van der Waals surface area contributed by atoms with Crippen LogP contribution in [0.1, 0.15) is 22.8 Å². The van der Waals surface area contributed by atoms with Crippen molar-refractivity contribution in [2.45, 2.75) is 13.5 Å². The lowest BCUT2D eigenvalue weighted by Gasteiger charge is -2.36. The highest BCUT2D eigenvalue weighted by molar-refractivity contribution is 5.94. The topological polar surface area (TPSA) is 36.4 Å². The third-order valence-electron chi connectivity index (χ3n) is 5.39. The maximum Gasteiger partial charge on any atom is 0.159 e. The number of piperazine rings is 1. The van der Waals surface area contributed by atoms with Gasteiger partial charge in [-0.25, -0.2) is 4.39 Å². The minimum absolute atomic E-state index is 0.0952. The van der Waals surface area contributed by atoms with Crippen LogP contribution in [-0.2, 0) is 6.54 Å². The molecule has 29 heavy (non-hydrogen) atoms. The van der Waals surface area contributed by atoms with Crippen molar-refractivity contribution in [1.29, 1.82) is 0 Å². The van der Waals surface area contributed by atoms with Crippen molar-refractivity contribution in [1.82, 2.24) is 9.88 Å². The Balaban J connectivity index is 1.36. The summed E-state index contributed by atoms with van der Waals surface area (Å²) in [5, 5.41) is 0. The molecule has 0 aliphatic carbocycles. The van der Waals surface area contributed by atoms with E-state index < -0.39 is 0 Å². The molecule has 1 saturated heterocycles. The number of nitrogens with zero attached hydrogens (tertiary/aromatic N) is 3. The van der Waals surface area contributed by atoms with Crippen molar-refractivity contribution in [2.75, 3.05) is 31.1 Å². The molecule has 0 amide bonds. The maximum atomic E-state index is 13.2. The monoisotopic (exact) mass is 389 g/mol. The van der Waals surface area contributed by atoms with Gasteiger partial charge in [0, 0.05) is 61.9 Å². The number of Topliss-reactive ketones (excluding diaryl/α,β-unsaturated/α-hetero) is 1. The molecule has 1 aromatic heterocycles. The smallest absolute Gasteiger partial charge is 0.159 e. The van der Waals surface area contributed by atoms with E-state index in [1.165, 1.54) is 12.1 Å². The van der Waals surface area contributed by atoms with Crippen LogP contribution in [0.2, 0.25) is 0 Å². The molecule has 3 aromatic rings. The Hall–Kier alpha value is -3.05. The number of carbonyl (C=O) groups is 1. The minimum Gasteiger partial charge on any atom is -0.369 e. The van der Waals surface area contributed by atoms with Crippen molar-refractivity contribution >= 4 is 11.5 Å². The lowest BCUT2D eigenvalue weighted by atomic mass is 10.1. The van der Waals surface area contributed by atoms with Crippen LogP contribution in [0.15, 0.2) is 67.0 Å². The highest BCUT2D eigenvalue weighted by Gasteiger charge is 2.18. The average molecular weight is 389 g/mol. The van der Waals surface area contributed by atoms with Gasteiger partial charge in [-0.3, -0.25) is 14.7 Å². The molecule has 4 rings (SSSR count). The zero-order valence-corrected chi connectivity index (χ0v) is 16.5. The van der Waals surface area contributed by atoms with Crippen LogP contribution < -0.4 is 4.90 Å². The van der Waals surface area contributed by atoms with Gasteiger partial charge in [0.2, 0.25) is 0 Å². The molecule has 148 valence electrons. The summed E-state index contributed by atoms with van der Waals surface area (Å²) in [6.07, 6.45) is 3.72. The highest BCUT2D eigenvalue weighted by Crippen LogP contribution is 2.22. The van der Waals surface area contributed by atoms with Crippen molar-refractivity contribution in [3.63, 3.8) is 0 Å². The van der Waals surface area contributed by atoms with Gasteiger partial charge < -0.3 is 4.90 Å². The van der Waals surface area contributed by atoms with Gasteiger partial charge in [-0.1, -0.05) is 12.1 Å². The first kappa shape index (κ1) is 19.3. The second kappa shape index (κ2) is 8.53. The largest absolute Gasteiger partial charge is 0.369 e. The van der Waals surface area contributed by atoms with Gasteiger partial charge in [-0.05, 0) is 60.5 Å². The number of carbonyl (C=O) groups excluding carboxylic acids is 1. The number of benzene rings is 2. The Morgan fingerprint density at radius 2 is 1.62 bits per heavy atom. The zero-order chi connectivity index (χ0) is 20.2. The van der Waals surface area contributed by atoms with Crippen LogP contribution in [-0.4, -0.2) is 41.8 Å². The molecule has 1 fully saturated rings. The van der Waals surface area contributed by atoms with Gasteiger partial charge in [0.05, 0.1) is 0 Å². The summed E-state index contributed by atoms with van der Waals surface area (Å²) in [5.74, 6) is -0.135. The van der Waals surface area contributed by atoms with Crippen molar-refractivity contribution in [2.24, 2.45) is 0 Å². The fraction of sp³-hybridized carbons (Fsp3) is 0.250. The SMILES string of the molecule is CC(=O)c1ccc(N2CCN(Cc3cncc(-c4ccc(F)cc4)c3)CC2)cc1. The summed E-state index contributed by atoms with van der Waals surface area (Å²) in [5.41, 5.74) is 5.05. The van der Waals surface area contributed by atoms with Gasteiger partial charge in [0.1, 0.15) is 5.82 Å². The first-order valence-corrected chi connectivity index (χ1v) is 9.87. The molecule has 0 saturated carbocycles. The maximum absolute atomic E-state index is 13.2. The summed E-state index contributed by atoms with van der Waals surface area (Å²) >= 11 is 0. The van der Waals surface area contributed by atoms with Crippen LogP contribution in [0, 0.1) is 5.82 Å². The minimum atomic E-state index is -0.230. The third kappa shape index (κ3) is 4.69. The Bertz CT molecular complexity index is 978. The summed E-state index contributed by atoms with van der Waals surface area (Å²) < 4.78 is 13.2. The van der Waals surface area contributed by atoms with Gasteiger partial charge in [-0.15, -0.1) is 0 Å². The second-order valence-electron chi connectivity index (χ2n) is 7.46. The number of ketones is 1. The van der Waals surface area contributed by atoms with E-state index in [9.17, 15) is 9.18 Å². The molecule has 4 nitrogen and oxygen atoms in total. The summed E-state index contributed by atoms with van der Waals surface area (Å²) in [7, 11) is 0. The van der Waals surface area contributed by atoms with Crippen LogP contribution in [0.3, 0.4) is 0 Å². The normalized spacial score (nSPS) is 14.8. The summed E-state index contributed by atoms with van der Waals surface area (Å²) in [6, 6.07) is 16.5. The van der Waals surface area contributed by atoms with Gasteiger partial charge in [-0.2, -0.15) is 0 Å². The molecule has 0 atom stereocenters. The molecular weight excluding hydrogens is 365 g/mol. The predicted octanol–water partition coefficient (Wildman–Crippen LogP) is 4.41. The lowest BCUT2D eigenvalue weighted by molar-refractivity contribution is 0.101. The first-order chi connectivity index (χ1) is 14.1. The molecule has 5 heteroatoms. The van der Waals surface area contributed by atoms with Crippen molar-refractivity contribution < 1.29 is 9.18 Å². The van der Waals surface area contributed by atoms with Crippen LogP contribution in [0.4, 0.5) is 10.1 Å². The Morgan fingerprint density at radius 3 is 2.28 bits per heavy atom.